The quantitative estimate of drug-likeness (QED) is 0.213. The predicted octanol–water partition coefficient (Wildman–Crippen LogP) is 2.83. The van der Waals surface area contributed by atoms with Crippen LogP contribution in [0.5, 0.6) is 0 Å². The molecule has 6 nitrogen and oxygen atoms in total. The van der Waals surface area contributed by atoms with Crippen LogP contribution in [0.25, 0.3) is 0 Å². The van der Waals surface area contributed by atoms with Crippen molar-refractivity contribution in [2.45, 2.75) is 71.3 Å². The molecule has 2 aliphatic heterocycles. The third-order valence-electron chi connectivity index (χ3n) is 5.42. The van der Waals surface area contributed by atoms with Gasteiger partial charge >= 0.3 is 0 Å². The number of aliphatic imine (C=N–C) groups is 1. The van der Waals surface area contributed by atoms with Gasteiger partial charge in [-0.2, -0.15) is 0 Å². The zero-order valence-corrected chi connectivity index (χ0v) is 19.7. The minimum Gasteiger partial charge on any atom is -0.357 e. The van der Waals surface area contributed by atoms with E-state index in [9.17, 15) is 4.79 Å². The van der Waals surface area contributed by atoms with E-state index in [1.807, 2.05) is 4.90 Å². The van der Waals surface area contributed by atoms with E-state index in [0.29, 0.717) is 11.9 Å². The van der Waals surface area contributed by atoms with Crippen molar-refractivity contribution in [1.82, 2.24) is 20.4 Å². The molecule has 1 atom stereocenters. The first-order valence-corrected chi connectivity index (χ1v) is 10.8. The molecule has 0 bridgehead atoms. The van der Waals surface area contributed by atoms with Gasteiger partial charge in [-0.15, -0.1) is 24.0 Å². The third-order valence-corrected chi connectivity index (χ3v) is 5.42. The van der Waals surface area contributed by atoms with Gasteiger partial charge in [0.25, 0.3) is 0 Å². The highest BCUT2D eigenvalue weighted by molar-refractivity contribution is 14.0. The van der Waals surface area contributed by atoms with Crippen LogP contribution in [0.1, 0.15) is 65.2 Å². The van der Waals surface area contributed by atoms with E-state index in [0.717, 1.165) is 57.9 Å². The first-order chi connectivity index (χ1) is 12.7. The van der Waals surface area contributed by atoms with Crippen LogP contribution < -0.4 is 10.6 Å². The fourth-order valence-corrected chi connectivity index (χ4v) is 3.88. The van der Waals surface area contributed by atoms with Gasteiger partial charge in [0.05, 0.1) is 6.54 Å². The Hall–Kier alpha value is -0.570. The number of amides is 1. The number of nitrogens with zero attached hydrogens (tertiary/aromatic N) is 3. The first-order valence-electron chi connectivity index (χ1n) is 10.8. The van der Waals surface area contributed by atoms with E-state index in [1.54, 1.807) is 0 Å². The number of hydrogen-bond donors (Lipinski definition) is 2. The number of unbranched alkanes of at least 4 members (excludes halogenated alkanes) is 1. The molecular weight excluding hydrogens is 453 g/mol. The van der Waals surface area contributed by atoms with Crippen molar-refractivity contribution in [3.05, 3.63) is 0 Å². The number of rotatable bonds is 10. The molecule has 158 valence electrons. The molecule has 2 heterocycles. The van der Waals surface area contributed by atoms with Crippen LogP contribution in [-0.2, 0) is 4.79 Å². The van der Waals surface area contributed by atoms with E-state index in [2.05, 4.69) is 29.4 Å². The van der Waals surface area contributed by atoms with Gasteiger partial charge in [0.15, 0.2) is 5.96 Å². The molecule has 2 N–H and O–H groups in total. The summed E-state index contributed by atoms with van der Waals surface area (Å²) in [5, 5.41) is 6.80. The largest absolute Gasteiger partial charge is 0.357 e. The highest BCUT2D eigenvalue weighted by Crippen LogP contribution is 2.17. The van der Waals surface area contributed by atoms with E-state index < -0.39 is 0 Å². The Labute approximate surface area is 182 Å². The van der Waals surface area contributed by atoms with Gasteiger partial charge in [-0.05, 0) is 52.1 Å². The molecule has 2 aliphatic rings. The lowest BCUT2D eigenvalue weighted by Crippen LogP contribution is -2.44. The monoisotopic (exact) mass is 493 g/mol. The average Bonchev–Trinajstić information content (AvgIpc) is 3.07. The first kappa shape index (κ1) is 24.5. The lowest BCUT2D eigenvalue weighted by Gasteiger charge is -2.35. The van der Waals surface area contributed by atoms with Crippen LogP contribution in [0, 0.1) is 0 Å². The topological polar surface area (TPSA) is 60.0 Å². The molecule has 2 fully saturated rings. The molecule has 2 rings (SSSR count). The Bertz CT molecular complexity index is 446. The summed E-state index contributed by atoms with van der Waals surface area (Å²) in [6.45, 7) is 11.2. The number of carbonyl (C=O) groups excluding carboxylic acids is 1. The summed E-state index contributed by atoms with van der Waals surface area (Å²) in [6.07, 6.45) is 9.20. The number of hydrogen-bond acceptors (Lipinski definition) is 3. The van der Waals surface area contributed by atoms with Crippen LogP contribution in [0.2, 0.25) is 0 Å². The number of guanidine groups is 1. The fourth-order valence-electron chi connectivity index (χ4n) is 3.88. The average molecular weight is 493 g/mol. The van der Waals surface area contributed by atoms with Gasteiger partial charge in [0.1, 0.15) is 0 Å². The third kappa shape index (κ3) is 8.98. The Morgan fingerprint density at radius 3 is 2.67 bits per heavy atom. The van der Waals surface area contributed by atoms with Crippen LogP contribution in [0.4, 0.5) is 0 Å². The van der Waals surface area contributed by atoms with E-state index in [1.165, 1.54) is 45.2 Å². The Morgan fingerprint density at radius 1 is 1.11 bits per heavy atom. The molecule has 0 spiro atoms. The molecule has 0 aromatic rings. The number of nitrogens with one attached hydrogen (secondary N) is 2. The Kier molecular flexibility index (Phi) is 13.1. The number of likely N-dealkylation sites (tertiary alicyclic amines) is 2. The second kappa shape index (κ2) is 14.4. The molecule has 7 heteroatoms. The summed E-state index contributed by atoms with van der Waals surface area (Å²) >= 11 is 0. The van der Waals surface area contributed by atoms with Gasteiger partial charge in [0, 0.05) is 38.6 Å². The van der Waals surface area contributed by atoms with E-state index in [-0.39, 0.29) is 24.0 Å². The van der Waals surface area contributed by atoms with Crippen LogP contribution >= 0.6 is 24.0 Å². The molecule has 0 saturated carbocycles. The zero-order chi connectivity index (χ0) is 18.6. The lowest BCUT2D eigenvalue weighted by molar-refractivity contribution is -0.127. The van der Waals surface area contributed by atoms with Crippen molar-refractivity contribution in [3.63, 3.8) is 0 Å². The SMILES string of the molecule is CCCCN1CCCCC1CN=C(NCC)NCCCN1CCCC1=O.I. The summed E-state index contributed by atoms with van der Waals surface area (Å²) in [5.41, 5.74) is 0. The highest BCUT2D eigenvalue weighted by Gasteiger charge is 2.21. The molecular formula is C20H40IN5O. The summed E-state index contributed by atoms with van der Waals surface area (Å²) in [4.78, 5) is 21.1. The van der Waals surface area contributed by atoms with E-state index >= 15 is 0 Å². The second-order valence-corrected chi connectivity index (χ2v) is 7.52. The van der Waals surface area contributed by atoms with Gasteiger partial charge in [-0.25, -0.2) is 0 Å². The molecule has 0 aliphatic carbocycles. The summed E-state index contributed by atoms with van der Waals surface area (Å²) < 4.78 is 0. The smallest absolute Gasteiger partial charge is 0.222 e. The molecule has 1 unspecified atom stereocenters. The van der Waals surface area contributed by atoms with Gasteiger partial charge in [0.2, 0.25) is 5.91 Å². The van der Waals surface area contributed by atoms with Crippen molar-refractivity contribution in [3.8, 4) is 0 Å². The normalized spacial score (nSPS) is 21.3. The van der Waals surface area contributed by atoms with Crippen LogP contribution in [-0.4, -0.2) is 73.5 Å². The molecule has 0 aromatic heterocycles. The number of piperidine rings is 1. The molecule has 0 radical (unpaired) electrons. The van der Waals surface area contributed by atoms with Crippen molar-refractivity contribution >= 4 is 35.8 Å². The second-order valence-electron chi connectivity index (χ2n) is 7.52. The molecule has 2 saturated heterocycles. The van der Waals surface area contributed by atoms with Gasteiger partial charge in [-0.3, -0.25) is 14.7 Å². The van der Waals surface area contributed by atoms with E-state index in [4.69, 9.17) is 4.99 Å². The Morgan fingerprint density at radius 2 is 1.96 bits per heavy atom. The molecule has 0 aromatic carbocycles. The summed E-state index contributed by atoms with van der Waals surface area (Å²) in [7, 11) is 0. The fraction of sp³-hybridized carbons (Fsp3) is 0.900. The van der Waals surface area contributed by atoms with Crippen molar-refractivity contribution in [1.29, 1.82) is 0 Å². The maximum atomic E-state index is 11.7. The van der Waals surface area contributed by atoms with Crippen LogP contribution in [0.15, 0.2) is 4.99 Å². The number of carbonyl (C=O) groups is 1. The lowest BCUT2D eigenvalue weighted by atomic mass is 10.0. The summed E-state index contributed by atoms with van der Waals surface area (Å²) in [6, 6.07) is 0.591. The van der Waals surface area contributed by atoms with Gasteiger partial charge in [-0.1, -0.05) is 19.8 Å². The number of halogens is 1. The highest BCUT2D eigenvalue weighted by atomic mass is 127. The Balaban J connectivity index is 0.00000364. The minimum atomic E-state index is 0. The molecule has 1 amide bonds. The minimum absolute atomic E-state index is 0. The van der Waals surface area contributed by atoms with Crippen LogP contribution in [0.3, 0.4) is 0 Å². The predicted molar refractivity (Wildman–Crippen MR) is 124 cm³/mol. The van der Waals surface area contributed by atoms with Crippen molar-refractivity contribution in [2.24, 2.45) is 4.99 Å². The maximum absolute atomic E-state index is 11.7. The van der Waals surface area contributed by atoms with Gasteiger partial charge < -0.3 is 15.5 Å². The standard InChI is InChI=1S/C20H39N5O.HI/c1-3-5-13-24-14-7-6-10-18(24)17-23-20(21-4-2)22-12-9-16-25-15-8-11-19(25)26;/h18H,3-17H2,1-2H3,(H2,21,22,23);1H. The maximum Gasteiger partial charge on any atom is 0.222 e. The zero-order valence-electron chi connectivity index (χ0n) is 17.3. The van der Waals surface area contributed by atoms with Crippen molar-refractivity contribution in [2.75, 3.05) is 45.8 Å². The van der Waals surface area contributed by atoms with Crippen molar-refractivity contribution < 1.29 is 4.79 Å². The summed E-state index contributed by atoms with van der Waals surface area (Å²) in [5.74, 6) is 1.23. The molecule has 27 heavy (non-hydrogen) atoms.